The molecule has 0 heterocycles. The van der Waals surface area contributed by atoms with Gasteiger partial charge in [0.1, 0.15) is 17.3 Å². The van der Waals surface area contributed by atoms with E-state index in [9.17, 15) is 14.6 Å². The minimum absolute atomic E-state index is 0.0547. The summed E-state index contributed by atoms with van der Waals surface area (Å²) in [5, 5.41) is 22.7. The Bertz CT molecular complexity index is 534. The molecule has 0 aliphatic heterocycles. The van der Waals surface area contributed by atoms with Gasteiger partial charge in [0.05, 0.1) is 5.56 Å². The van der Waals surface area contributed by atoms with Crippen LogP contribution in [0.3, 0.4) is 0 Å². The van der Waals surface area contributed by atoms with E-state index < -0.39 is 0 Å². The normalized spacial score (nSPS) is 12.3. The molecule has 0 saturated heterocycles. The summed E-state index contributed by atoms with van der Waals surface area (Å²) < 4.78 is 12.8. The molecule has 0 radical (unpaired) electrons. The van der Waals surface area contributed by atoms with Gasteiger partial charge in [-0.05, 0) is 36.8 Å². The minimum atomic E-state index is -0.268. The van der Waals surface area contributed by atoms with Gasteiger partial charge in [-0.15, -0.1) is 0 Å². The van der Waals surface area contributed by atoms with Crippen molar-refractivity contribution in [3.8, 4) is 11.5 Å². The highest BCUT2D eigenvalue weighted by Crippen LogP contribution is 2.32. The van der Waals surface area contributed by atoms with Crippen LogP contribution in [-0.2, 0) is 6.54 Å². The summed E-state index contributed by atoms with van der Waals surface area (Å²) >= 11 is 0. The molecule has 0 aliphatic carbocycles. The van der Waals surface area contributed by atoms with Crippen molar-refractivity contribution in [2.45, 2.75) is 19.5 Å². The van der Waals surface area contributed by atoms with Crippen LogP contribution >= 0.6 is 0 Å². The fourth-order valence-electron chi connectivity index (χ4n) is 1.96. The molecule has 3 nitrogen and oxygen atoms in total. The number of halogens is 1. The number of rotatable bonds is 4. The fourth-order valence-corrected chi connectivity index (χ4v) is 1.96. The topological polar surface area (TPSA) is 52.5 Å². The lowest BCUT2D eigenvalue weighted by Gasteiger charge is -2.17. The zero-order chi connectivity index (χ0) is 13.8. The summed E-state index contributed by atoms with van der Waals surface area (Å²) in [6.07, 6.45) is 0. The van der Waals surface area contributed by atoms with E-state index in [4.69, 9.17) is 0 Å². The van der Waals surface area contributed by atoms with Gasteiger partial charge in [-0.3, -0.25) is 0 Å². The Morgan fingerprint density at radius 2 is 1.63 bits per heavy atom. The molecule has 0 bridgehead atoms. The summed E-state index contributed by atoms with van der Waals surface area (Å²) in [7, 11) is 0. The second-order valence-corrected chi connectivity index (χ2v) is 4.44. The van der Waals surface area contributed by atoms with Gasteiger partial charge < -0.3 is 15.5 Å². The first-order valence-corrected chi connectivity index (χ1v) is 6.06. The highest BCUT2D eigenvalue weighted by atomic mass is 19.1. The van der Waals surface area contributed by atoms with E-state index in [1.54, 1.807) is 18.2 Å². The van der Waals surface area contributed by atoms with Crippen molar-refractivity contribution in [2.24, 2.45) is 0 Å². The fraction of sp³-hybridized carbons (Fsp3) is 0.200. The van der Waals surface area contributed by atoms with Crippen molar-refractivity contribution in [1.29, 1.82) is 0 Å². The molecule has 0 spiro atoms. The Labute approximate surface area is 111 Å². The molecular weight excluding hydrogens is 245 g/mol. The van der Waals surface area contributed by atoms with E-state index in [1.165, 1.54) is 24.3 Å². The van der Waals surface area contributed by atoms with Crippen LogP contribution in [0.15, 0.2) is 42.5 Å². The van der Waals surface area contributed by atoms with E-state index in [2.05, 4.69) is 5.32 Å². The van der Waals surface area contributed by atoms with Crippen molar-refractivity contribution >= 4 is 0 Å². The first kappa shape index (κ1) is 13.4. The van der Waals surface area contributed by atoms with Crippen molar-refractivity contribution in [3.63, 3.8) is 0 Å². The molecule has 3 N–H and O–H groups in total. The number of phenolic OH excluding ortho intramolecular Hbond substituents is 2. The molecule has 2 aromatic rings. The lowest BCUT2D eigenvalue weighted by atomic mass is 10.1. The van der Waals surface area contributed by atoms with Gasteiger partial charge in [0.2, 0.25) is 0 Å². The molecule has 1 unspecified atom stereocenters. The van der Waals surface area contributed by atoms with Crippen molar-refractivity contribution in [2.75, 3.05) is 0 Å². The number of benzene rings is 2. The quantitative estimate of drug-likeness (QED) is 0.792. The van der Waals surface area contributed by atoms with E-state index >= 15 is 0 Å². The third-order valence-electron chi connectivity index (χ3n) is 3.02. The van der Waals surface area contributed by atoms with Gasteiger partial charge in [-0.2, -0.15) is 0 Å². The van der Waals surface area contributed by atoms with Crippen LogP contribution in [0.2, 0.25) is 0 Å². The lowest BCUT2D eigenvalue weighted by Crippen LogP contribution is -2.18. The van der Waals surface area contributed by atoms with Crippen LogP contribution in [-0.4, -0.2) is 10.2 Å². The third-order valence-corrected chi connectivity index (χ3v) is 3.02. The van der Waals surface area contributed by atoms with Crippen LogP contribution in [0.1, 0.15) is 24.1 Å². The summed E-state index contributed by atoms with van der Waals surface area (Å²) in [5.41, 5.74) is 1.40. The first-order valence-electron chi connectivity index (χ1n) is 6.06. The van der Waals surface area contributed by atoms with Crippen molar-refractivity contribution in [1.82, 2.24) is 5.32 Å². The molecule has 2 aromatic carbocycles. The van der Waals surface area contributed by atoms with Gasteiger partial charge in [0, 0.05) is 12.6 Å². The van der Waals surface area contributed by atoms with E-state index in [-0.39, 0.29) is 23.4 Å². The Kier molecular flexibility index (Phi) is 4.02. The highest BCUT2D eigenvalue weighted by Gasteiger charge is 2.14. The maximum absolute atomic E-state index is 12.8. The van der Waals surface area contributed by atoms with Gasteiger partial charge in [0.25, 0.3) is 0 Å². The number of phenols is 2. The Balaban J connectivity index is 2.05. The summed E-state index contributed by atoms with van der Waals surface area (Å²) in [4.78, 5) is 0. The Morgan fingerprint density at radius 3 is 2.21 bits per heavy atom. The van der Waals surface area contributed by atoms with Crippen molar-refractivity contribution in [3.05, 3.63) is 59.4 Å². The van der Waals surface area contributed by atoms with Crippen LogP contribution < -0.4 is 5.32 Å². The molecule has 1 atom stereocenters. The number of nitrogens with one attached hydrogen (secondary N) is 1. The monoisotopic (exact) mass is 261 g/mol. The van der Waals surface area contributed by atoms with Gasteiger partial charge in [0.15, 0.2) is 0 Å². The number of hydrogen-bond donors (Lipinski definition) is 3. The molecule has 0 saturated carbocycles. The maximum atomic E-state index is 12.8. The van der Waals surface area contributed by atoms with Crippen LogP contribution in [0.5, 0.6) is 11.5 Å². The summed E-state index contributed by atoms with van der Waals surface area (Å²) in [6.45, 7) is 2.37. The molecule has 0 fully saturated rings. The van der Waals surface area contributed by atoms with Crippen molar-refractivity contribution < 1.29 is 14.6 Å². The summed E-state index contributed by atoms with van der Waals surface area (Å²) in [5.74, 6) is -0.159. The lowest BCUT2D eigenvalue weighted by molar-refractivity contribution is 0.418. The largest absolute Gasteiger partial charge is 0.507 e. The molecular formula is C15H16FNO2. The van der Waals surface area contributed by atoms with Gasteiger partial charge in [-0.25, -0.2) is 4.39 Å². The second-order valence-electron chi connectivity index (χ2n) is 4.44. The molecule has 0 amide bonds. The smallest absolute Gasteiger partial charge is 0.124 e. The molecule has 4 heteroatoms. The molecule has 19 heavy (non-hydrogen) atoms. The maximum Gasteiger partial charge on any atom is 0.124 e. The van der Waals surface area contributed by atoms with Gasteiger partial charge >= 0.3 is 0 Å². The first-order chi connectivity index (χ1) is 9.08. The molecule has 0 aliphatic rings. The van der Waals surface area contributed by atoms with Crippen LogP contribution in [0.4, 0.5) is 4.39 Å². The Hall–Kier alpha value is -2.07. The SMILES string of the molecule is CC(NCc1ccc(F)cc1)c1c(O)cccc1O. The standard InChI is InChI=1S/C15H16FNO2/c1-10(15-13(18)3-2-4-14(15)19)17-9-11-5-7-12(16)8-6-11/h2-8,10,17-19H,9H2,1H3. The van der Waals surface area contributed by atoms with Gasteiger partial charge in [-0.1, -0.05) is 18.2 Å². The predicted molar refractivity (Wildman–Crippen MR) is 71.4 cm³/mol. The van der Waals surface area contributed by atoms with Crippen LogP contribution in [0.25, 0.3) is 0 Å². The van der Waals surface area contributed by atoms with E-state index in [1.807, 2.05) is 6.92 Å². The highest BCUT2D eigenvalue weighted by molar-refractivity contribution is 5.44. The second kappa shape index (κ2) is 5.71. The van der Waals surface area contributed by atoms with E-state index in [0.29, 0.717) is 12.1 Å². The average molecular weight is 261 g/mol. The number of aromatic hydroxyl groups is 2. The van der Waals surface area contributed by atoms with E-state index in [0.717, 1.165) is 5.56 Å². The summed E-state index contributed by atoms with van der Waals surface area (Å²) in [6, 6.07) is 10.6. The van der Waals surface area contributed by atoms with Crippen LogP contribution in [0, 0.1) is 5.82 Å². The zero-order valence-corrected chi connectivity index (χ0v) is 10.6. The number of hydrogen-bond acceptors (Lipinski definition) is 3. The molecule has 0 aromatic heterocycles. The minimum Gasteiger partial charge on any atom is -0.507 e. The third kappa shape index (κ3) is 3.23. The Morgan fingerprint density at radius 1 is 1.05 bits per heavy atom. The molecule has 100 valence electrons. The predicted octanol–water partition coefficient (Wildman–Crippen LogP) is 3.09. The molecule has 2 rings (SSSR count). The average Bonchev–Trinajstić information content (AvgIpc) is 2.38. The zero-order valence-electron chi connectivity index (χ0n) is 10.6.